The van der Waals surface area contributed by atoms with Crippen LogP contribution in [-0.4, -0.2) is 33.5 Å². The highest BCUT2D eigenvalue weighted by molar-refractivity contribution is 7.09. The van der Waals surface area contributed by atoms with Crippen molar-refractivity contribution in [3.8, 4) is 0 Å². The van der Waals surface area contributed by atoms with E-state index in [1.165, 1.54) is 24.4 Å². The number of hydrogen-bond donors (Lipinski definition) is 1. The molecule has 0 aromatic carbocycles. The first-order valence-corrected chi connectivity index (χ1v) is 6.28. The average molecular weight is 241 g/mol. The van der Waals surface area contributed by atoms with Crippen molar-refractivity contribution in [2.75, 3.05) is 18.0 Å². The first kappa shape index (κ1) is 11.3. The molecule has 0 radical (unpaired) electrons. The summed E-state index contributed by atoms with van der Waals surface area (Å²) in [5.74, 6) is 0.599. The van der Waals surface area contributed by atoms with Crippen molar-refractivity contribution in [2.45, 2.75) is 32.1 Å². The number of nitrogens with zero attached hydrogens (tertiary/aromatic N) is 3. The van der Waals surface area contributed by atoms with Crippen molar-refractivity contribution in [3.63, 3.8) is 0 Å². The third-order valence-corrected chi connectivity index (χ3v) is 3.25. The molecule has 16 heavy (non-hydrogen) atoms. The van der Waals surface area contributed by atoms with Gasteiger partial charge in [-0.1, -0.05) is 6.92 Å². The van der Waals surface area contributed by atoms with Crippen LogP contribution in [0.4, 0.5) is 5.13 Å². The number of aliphatic carboxylic acids is 1. The summed E-state index contributed by atoms with van der Waals surface area (Å²) >= 11 is 1.31. The largest absolute Gasteiger partial charge is 0.480 e. The first-order valence-electron chi connectivity index (χ1n) is 5.51. The molecule has 1 fully saturated rings. The fourth-order valence-corrected chi connectivity index (χ4v) is 2.31. The molecule has 88 valence electrons. The highest BCUT2D eigenvalue weighted by Crippen LogP contribution is 2.39. The van der Waals surface area contributed by atoms with Crippen LogP contribution in [0, 0.1) is 0 Å². The molecule has 0 saturated heterocycles. The smallest absolute Gasteiger partial charge is 0.323 e. The van der Waals surface area contributed by atoms with Crippen LogP contribution in [0.3, 0.4) is 0 Å². The van der Waals surface area contributed by atoms with E-state index in [0.29, 0.717) is 12.5 Å². The van der Waals surface area contributed by atoms with Crippen molar-refractivity contribution < 1.29 is 9.90 Å². The predicted molar refractivity (Wildman–Crippen MR) is 62.0 cm³/mol. The molecule has 0 aliphatic heterocycles. The van der Waals surface area contributed by atoms with Gasteiger partial charge in [-0.2, -0.15) is 4.37 Å². The molecule has 1 N–H and O–H groups in total. The zero-order chi connectivity index (χ0) is 11.5. The van der Waals surface area contributed by atoms with Gasteiger partial charge in [0, 0.05) is 24.0 Å². The molecule has 0 spiro atoms. The molecule has 0 atom stereocenters. The molecular weight excluding hydrogens is 226 g/mol. The van der Waals surface area contributed by atoms with E-state index in [4.69, 9.17) is 5.11 Å². The summed E-state index contributed by atoms with van der Waals surface area (Å²) in [5.41, 5.74) is 0. The minimum Gasteiger partial charge on any atom is -0.480 e. The van der Waals surface area contributed by atoms with Gasteiger partial charge in [0.1, 0.15) is 12.4 Å². The second-order valence-electron chi connectivity index (χ2n) is 4.02. The second-order valence-corrected chi connectivity index (χ2v) is 4.76. The Bertz CT molecular complexity index is 376. The number of carboxylic acid groups (broad SMARTS) is 1. The van der Waals surface area contributed by atoms with E-state index < -0.39 is 5.97 Å². The summed E-state index contributed by atoms with van der Waals surface area (Å²) in [6, 6.07) is 0. The Morgan fingerprint density at radius 1 is 1.62 bits per heavy atom. The number of aromatic nitrogens is 2. The van der Waals surface area contributed by atoms with Crippen LogP contribution >= 0.6 is 11.5 Å². The van der Waals surface area contributed by atoms with Gasteiger partial charge in [0.15, 0.2) is 0 Å². The van der Waals surface area contributed by atoms with Crippen LogP contribution in [0.25, 0.3) is 0 Å². The Balaban J connectivity index is 2.06. The zero-order valence-electron chi connectivity index (χ0n) is 9.22. The topological polar surface area (TPSA) is 66.3 Å². The van der Waals surface area contributed by atoms with Crippen LogP contribution in [0.2, 0.25) is 0 Å². The first-order chi connectivity index (χ1) is 7.70. The SMILES string of the molecule is CCCN(CC(=O)O)c1nc(C2CC2)ns1. The van der Waals surface area contributed by atoms with Gasteiger partial charge >= 0.3 is 5.97 Å². The summed E-state index contributed by atoms with van der Waals surface area (Å²) < 4.78 is 4.28. The van der Waals surface area contributed by atoms with Gasteiger partial charge in [-0.25, -0.2) is 4.98 Å². The minimum absolute atomic E-state index is 0.00708. The molecule has 5 nitrogen and oxygen atoms in total. The van der Waals surface area contributed by atoms with Gasteiger partial charge in [-0.3, -0.25) is 4.79 Å². The summed E-state index contributed by atoms with van der Waals surface area (Å²) in [6.45, 7) is 2.75. The third kappa shape index (κ3) is 2.69. The molecule has 0 bridgehead atoms. The van der Waals surface area contributed by atoms with Gasteiger partial charge < -0.3 is 10.0 Å². The van der Waals surface area contributed by atoms with Gasteiger partial charge in [0.05, 0.1) is 0 Å². The highest BCUT2D eigenvalue weighted by Gasteiger charge is 2.28. The summed E-state index contributed by atoms with van der Waals surface area (Å²) in [4.78, 5) is 16.9. The molecule has 1 aliphatic carbocycles. The van der Waals surface area contributed by atoms with E-state index >= 15 is 0 Å². The Morgan fingerprint density at radius 2 is 2.38 bits per heavy atom. The lowest BCUT2D eigenvalue weighted by atomic mass is 10.4. The van der Waals surface area contributed by atoms with E-state index in [1.807, 2.05) is 6.92 Å². The van der Waals surface area contributed by atoms with Crippen molar-refractivity contribution in [1.29, 1.82) is 0 Å². The third-order valence-electron chi connectivity index (χ3n) is 2.46. The van der Waals surface area contributed by atoms with Gasteiger partial charge in [0.2, 0.25) is 5.13 Å². The fourth-order valence-electron chi connectivity index (χ4n) is 1.54. The highest BCUT2D eigenvalue weighted by atomic mass is 32.1. The van der Waals surface area contributed by atoms with E-state index in [2.05, 4.69) is 9.36 Å². The number of hydrogen-bond acceptors (Lipinski definition) is 5. The van der Waals surface area contributed by atoms with E-state index in [9.17, 15) is 4.79 Å². The van der Waals surface area contributed by atoms with Crippen molar-refractivity contribution in [1.82, 2.24) is 9.36 Å². The molecule has 1 aliphatic rings. The lowest BCUT2D eigenvalue weighted by Gasteiger charge is -2.17. The van der Waals surface area contributed by atoms with Crippen molar-refractivity contribution in [2.24, 2.45) is 0 Å². The molecular formula is C10H15N3O2S. The molecule has 1 saturated carbocycles. The van der Waals surface area contributed by atoms with Crippen LogP contribution in [0.1, 0.15) is 37.9 Å². The average Bonchev–Trinajstić information content (AvgIpc) is 2.96. The van der Waals surface area contributed by atoms with Crippen LogP contribution in [0.15, 0.2) is 0 Å². The predicted octanol–water partition coefficient (Wildman–Crippen LogP) is 1.72. The Labute approximate surface area is 98.3 Å². The monoisotopic (exact) mass is 241 g/mol. The summed E-state index contributed by atoms with van der Waals surface area (Å²) in [6.07, 6.45) is 3.25. The van der Waals surface area contributed by atoms with Crippen LogP contribution in [0.5, 0.6) is 0 Å². The quantitative estimate of drug-likeness (QED) is 0.821. The second kappa shape index (κ2) is 4.78. The molecule has 2 rings (SSSR count). The van der Waals surface area contributed by atoms with Gasteiger partial charge in [-0.05, 0) is 19.3 Å². The molecule has 0 amide bonds. The minimum atomic E-state index is -0.823. The normalized spacial score (nSPS) is 15.1. The Morgan fingerprint density at radius 3 is 2.94 bits per heavy atom. The van der Waals surface area contributed by atoms with Gasteiger partial charge in [0.25, 0.3) is 0 Å². The number of carbonyl (C=O) groups is 1. The van der Waals surface area contributed by atoms with E-state index in [0.717, 1.165) is 17.4 Å². The van der Waals surface area contributed by atoms with Gasteiger partial charge in [-0.15, -0.1) is 0 Å². The number of carboxylic acids is 1. The summed E-state index contributed by atoms with van der Waals surface area (Å²) in [7, 11) is 0. The lowest BCUT2D eigenvalue weighted by Crippen LogP contribution is -2.30. The fraction of sp³-hybridized carbons (Fsp3) is 0.700. The Kier molecular flexibility index (Phi) is 3.38. The number of rotatable bonds is 6. The standard InChI is InChI=1S/C10H15N3O2S/c1-2-5-13(6-8(14)15)10-11-9(12-16-10)7-3-4-7/h7H,2-6H2,1H3,(H,14,15). The molecule has 1 heterocycles. The number of anilines is 1. The molecule has 1 aromatic heterocycles. The lowest BCUT2D eigenvalue weighted by molar-refractivity contribution is -0.135. The van der Waals surface area contributed by atoms with Crippen LogP contribution < -0.4 is 4.90 Å². The van der Waals surface area contributed by atoms with Crippen molar-refractivity contribution in [3.05, 3.63) is 5.82 Å². The summed E-state index contributed by atoms with van der Waals surface area (Å²) in [5, 5.41) is 9.56. The molecule has 6 heteroatoms. The van der Waals surface area contributed by atoms with E-state index in [-0.39, 0.29) is 6.54 Å². The molecule has 0 unspecified atom stereocenters. The maximum absolute atomic E-state index is 10.7. The maximum atomic E-state index is 10.7. The molecule has 1 aromatic rings. The Hall–Kier alpha value is -1.17. The van der Waals surface area contributed by atoms with E-state index in [1.54, 1.807) is 4.90 Å². The maximum Gasteiger partial charge on any atom is 0.323 e. The van der Waals surface area contributed by atoms with Crippen LogP contribution in [-0.2, 0) is 4.79 Å². The zero-order valence-corrected chi connectivity index (χ0v) is 10.0. The van der Waals surface area contributed by atoms with Crippen molar-refractivity contribution >= 4 is 22.6 Å².